The van der Waals surface area contributed by atoms with Crippen molar-refractivity contribution in [2.75, 3.05) is 31.5 Å². The predicted octanol–water partition coefficient (Wildman–Crippen LogP) is 5.27. The number of halogens is 1. The van der Waals surface area contributed by atoms with Gasteiger partial charge in [0, 0.05) is 42.9 Å². The molecule has 2 N–H and O–H groups in total. The molecule has 4 rings (SSSR count). The first-order valence-corrected chi connectivity index (χ1v) is 11.8. The molecule has 2 aromatic rings. The maximum atomic E-state index is 9.77. The van der Waals surface area contributed by atoms with Gasteiger partial charge >= 0.3 is 0 Å². The van der Waals surface area contributed by atoms with Gasteiger partial charge in [0.25, 0.3) is 0 Å². The number of aliphatic imine (C=N–C) groups is 1. The number of aryl methyl sites for hydroxylation is 1. The summed E-state index contributed by atoms with van der Waals surface area (Å²) in [4.78, 5) is 9.96. The zero-order chi connectivity index (χ0) is 21.6. The molecular weight excluding hydrogens is 408 g/mol. The molecule has 0 radical (unpaired) electrons. The smallest absolute Gasteiger partial charge is 0.198 e. The van der Waals surface area contributed by atoms with E-state index >= 15 is 0 Å². The largest absolute Gasteiger partial charge is 0.508 e. The fraction of sp³-hybridized carbons (Fsp3) is 0.480. The zero-order valence-corrected chi connectivity index (χ0v) is 19.1. The molecule has 6 heteroatoms. The Morgan fingerprint density at radius 2 is 1.81 bits per heavy atom. The first kappa shape index (κ1) is 22.0. The standard InChI is InChI=1S/C25H33ClN4O/c1-19-17-22(31)11-12-24(19)28-25(27-18-20-7-5-6-10-23(20)26)30-15-13-29(14-16-30)21-8-3-2-4-9-21/h5-7,10-12,17,21,31H,2-4,8-9,13-16,18H2,1H3,(H,27,28). The topological polar surface area (TPSA) is 51.1 Å². The van der Waals surface area contributed by atoms with Crippen LogP contribution in [0.3, 0.4) is 0 Å². The lowest BCUT2D eigenvalue weighted by Crippen LogP contribution is -2.53. The first-order chi connectivity index (χ1) is 15.1. The fourth-order valence-corrected chi connectivity index (χ4v) is 4.85. The molecule has 0 bridgehead atoms. The SMILES string of the molecule is Cc1cc(O)ccc1NC(=NCc1ccccc1Cl)N1CCN(C2CCCCC2)CC1. The third kappa shape index (κ3) is 5.72. The number of guanidine groups is 1. The molecule has 0 unspecified atom stereocenters. The predicted molar refractivity (Wildman–Crippen MR) is 129 cm³/mol. The molecule has 2 aromatic carbocycles. The normalized spacial score (nSPS) is 18.9. The number of benzene rings is 2. The number of hydrogen-bond donors (Lipinski definition) is 2. The molecule has 1 aliphatic heterocycles. The maximum absolute atomic E-state index is 9.77. The molecule has 5 nitrogen and oxygen atoms in total. The number of phenols is 1. The Bertz CT molecular complexity index is 902. The van der Waals surface area contributed by atoms with E-state index in [4.69, 9.17) is 16.6 Å². The summed E-state index contributed by atoms with van der Waals surface area (Å²) in [6.07, 6.45) is 6.83. The highest BCUT2D eigenvalue weighted by Crippen LogP contribution is 2.25. The average molecular weight is 441 g/mol. The number of aromatic hydroxyl groups is 1. The third-order valence-corrected chi connectivity index (χ3v) is 6.89. The highest BCUT2D eigenvalue weighted by molar-refractivity contribution is 6.31. The van der Waals surface area contributed by atoms with Crippen molar-refractivity contribution >= 4 is 23.2 Å². The van der Waals surface area contributed by atoms with Gasteiger partial charge in [0.2, 0.25) is 0 Å². The summed E-state index contributed by atoms with van der Waals surface area (Å²) in [5.74, 6) is 1.15. The Hall–Kier alpha value is -2.24. The monoisotopic (exact) mass is 440 g/mol. The molecule has 1 saturated heterocycles. The molecule has 1 saturated carbocycles. The van der Waals surface area contributed by atoms with Crippen LogP contribution < -0.4 is 5.32 Å². The van der Waals surface area contributed by atoms with E-state index in [0.717, 1.165) is 60.0 Å². The minimum Gasteiger partial charge on any atom is -0.508 e. The Morgan fingerprint density at radius 1 is 1.06 bits per heavy atom. The number of anilines is 1. The molecule has 2 aliphatic rings. The summed E-state index contributed by atoms with van der Waals surface area (Å²) < 4.78 is 0. The minimum absolute atomic E-state index is 0.277. The number of piperazine rings is 1. The van der Waals surface area contributed by atoms with Crippen molar-refractivity contribution in [2.45, 2.75) is 51.6 Å². The van der Waals surface area contributed by atoms with Crippen LogP contribution in [0.1, 0.15) is 43.2 Å². The molecule has 0 aromatic heterocycles. The van der Waals surface area contributed by atoms with Gasteiger partial charge < -0.3 is 15.3 Å². The summed E-state index contributed by atoms with van der Waals surface area (Å²) in [5.41, 5.74) is 2.98. The number of nitrogens with zero attached hydrogens (tertiary/aromatic N) is 3. The van der Waals surface area contributed by atoms with Gasteiger partial charge in [-0.1, -0.05) is 49.1 Å². The number of rotatable bonds is 4. The van der Waals surface area contributed by atoms with Crippen LogP contribution in [0.2, 0.25) is 5.02 Å². The van der Waals surface area contributed by atoms with E-state index < -0.39 is 0 Å². The summed E-state index contributed by atoms with van der Waals surface area (Å²) in [6.45, 7) is 6.60. The highest BCUT2D eigenvalue weighted by atomic mass is 35.5. The Balaban J connectivity index is 1.49. The summed E-state index contributed by atoms with van der Waals surface area (Å²) in [6, 6.07) is 14.0. The van der Waals surface area contributed by atoms with Gasteiger partial charge in [-0.2, -0.15) is 0 Å². The minimum atomic E-state index is 0.277. The zero-order valence-electron chi connectivity index (χ0n) is 18.4. The fourth-order valence-electron chi connectivity index (χ4n) is 4.66. The van der Waals surface area contributed by atoms with Crippen LogP contribution in [0.5, 0.6) is 5.75 Å². The second-order valence-corrected chi connectivity index (χ2v) is 9.08. The van der Waals surface area contributed by atoms with Gasteiger partial charge in [0.1, 0.15) is 5.75 Å². The summed E-state index contributed by atoms with van der Waals surface area (Å²) in [7, 11) is 0. The van der Waals surface area contributed by atoms with E-state index in [2.05, 4.69) is 15.1 Å². The van der Waals surface area contributed by atoms with Crippen LogP contribution in [-0.4, -0.2) is 53.1 Å². The Morgan fingerprint density at radius 3 is 2.52 bits per heavy atom. The molecule has 1 aliphatic carbocycles. The molecule has 0 spiro atoms. The lowest BCUT2D eigenvalue weighted by atomic mass is 9.94. The van der Waals surface area contributed by atoms with Crippen LogP contribution in [0.4, 0.5) is 5.69 Å². The van der Waals surface area contributed by atoms with Crippen LogP contribution in [-0.2, 0) is 6.54 Å². The molecular formula is C25H33ClN4O. The van der Waals surface area contributed by atoms with Crippen molar-refractivity contribution < 1.29 is 5.11 Å². The maximum Gasteiger partial charge on any atom is 0.198 e. The van der Waals surface area contributed by atoms with Crippen molar-refractivity contribution in [3.8, 4) is 5.75 Å². The number of hydrogen-bond acceptors (Lipinski definition) is 3. The lowest BCUT2D eigenvalue weighted by molar-refractivity contribution is 0.107. The van der Waals surface area contributed by atoms with Gasteiger partial charge in [-0.05, 0) is 55.2 Å². The van der Waals surface area contributed by atoms with Gasteiger partial charge in [-0.15, -0.1) is 0 Å². The molecule has 166 valence electrons. The van der Waals surface area contributed by atoms with E-state index in [1.165, 1.54) is 32.1 Å². The van der Waals surface area contributed by atoms with E-state index in [1.807, 2.05) is 37.3 Å². The van der Waals surface area contributed by atoms with Gasteiger partial charge in [0.15, 0.2) is 5.96 Å². The van der Waals surface area contributed by atoms with Crippen LogP contribution in [0.15, 0.2) is 47.5 Å². The molecule has 31 heavy (non-hydrogen) atoms. The first-order valence-electron chi connectivity index (χ1n) is 11.4. The van der Waals surface area contributed by atoms with E-state index in [1.54, 1.807) is 12.1 Å². The van der Waals surface area contributed by atoms with Crippen LogP contribution >= 0.6 is 11.6 Å². The second-order valence-electron chi connectivity index (χ2n) is 8.67. The molecule has 0 atom stereocenters. The second kappa shape index (κ2) is 10.4. The van der Waals surface area contributed by atoms with Crippen molar-refractivity contribution in [3.63, 3.8) is 0 Å². The molecule has 1 heterocycles. The lowest BCUT2D eigenvalue weighted by Gasteiger charge is -2.41. The average Bonchev–Trinajstić information content (AvgIpc) is 2.80. The number of phenolic OH excluding ortho intramolecular Hbond substituents is 1. The van der Waals surface area contributed by atoms with Crippen molar-refractivity contribution in [1.82, 2.24) is 9.80 Å². The van der Waals surface area contributed by atoms with Crippen molar-refractivity contribution in [2.24, 2.45) is 4.99 Å². The summed E-state index contributed by atoms with van der Waals surface area (Å²) >= 11 is 6.36. The molecule has 0 amide bonds. The quantitative estimate of drug-likeness (QED) is 0.386. The van der Waals surface area contributed by atoms with Crippen LogP contribution in [0, 0.1) is 6.92 Å². The highest BCUT2D eigenvalue weighted by Gasteiger charge is 2.26. The van der Waals surface area contributed by atoms with Crippen molar-refractivity contribution in [3.05, 3.63) is 58.6 Å². The van der Waals surface area contributed by atoms with Crippen molar-refractivity contribution in [1.29, 1.82) is 0 Å². The third-order valence-electron chi connectivity index (χ3n) is 6.52. The number of nitrogens with one attached hydrogen (secondary N) is 1. The van der Waals surface area contributed by atoms with Gasteiger partial charge in [0.05, 0.1) is 6.54 Å². The van der Waals surface area contributed by atoms with Gasteiger partial charge in [-0.25, -0.2) is 4.99 Å². The van der Waals surface area contributed by atoms with Gasteiger partial charge in [-0.3, -0.25) is 4.90 Å². The summed E-state index contributed by atoms with van der Waals surface area (Å²) in [5, 5.41) is 14.0. The van der Waals surface area contributed by atoms with Crippen LogP contribution in [0.25, 0.3) is 0 Å². The Labute approximate surface area is 190 Å². The van der Waals surface area contributed by atoms with E-state index in [-0.39, 0.29) is 5.75 Å². The molecule has 2 fully saturated rings. The Kier molecular flexibility index (Phi) is 7.36. The van der Waals surface area contributed by atoms with E-state index in [9.17, 15) is 5.11 Å². The van der Waals surface area contributed by atoms with E-state index in [0.29, 0.717) is 6.54 Å².